The SMILES string of the molecule is CC1C=C(Br)c2c(N)ncnc21. The molecule has 3 nitrogen and oxygen atoms in total. The highest BCUT2D eigenvalue weighted by Crippen LogP contribution is 2.39. The zero-order chi connectivity index (χ0) is 8.72. The van der Waals surface area contributed by atoms with Crippen LogP contribution in [0.25, 0.3) is 4.48 Å². The maximum atomic E-state index is 5.70. The molecule has 1 aliphatic rings. The van der Waals surface area contributed by atoms with Crippen molar-refractivity contribution in [3.05, 3.63) is 23.7 Å². The largest absolute Gasteiger partial charge is 0.383 e. The van der Waals surface area contributed by atoms with Gasteiger partial charge in [-0.3, -0.25) is 0 Å². The molecular weight excluding hydrogens is 218 g/mol. The maximum Gasteiger partial charge on any atom is 0.135 e. The van der Waals surface area contributed by atoms with Gasteiger partial charge in [-0.1, -0.05) is 28.9 Å². The van der Waals surface area contributed by atoms with Crippen LogP contribution >= 0.6 is 15.9 Å². The van der Waals surface area contributed by atoms with Crippen molar-refractivity contribution >= 4 is 26.2 Å². The predicted octanol–water partition coefficient (Wildman–Crippen LogP) is 1.91. The van der Waals surface area contributed by atoms with Gasteiger partial charge in [0.05, 0.1) is 11.3 Å². The first-order valence-electron chi connectivity index (χ1n) is 3.68. The van der Waals surface area contributed by atoms with Gasteiger partial charge in [-0.15, -0.1) is 0 Å². The summed E-state index contributed by atoms with van der Waals surface area (Å²) in [4.78, 5) is 8.11. The number of anilines is 1. The van der Waals surface area contributed by atoms with Crippen LogP contribution in [0.3, 0.4) is 0 Å². The van der Waals surface area contributed by atoms with Crippen LogP contribution in [0.2, 0.25) is 0 Å². The number of hydrogen-bond donors (Lipinski definition) is 1. The molecule has 1 aromatic heterocycles. The molecule has 4 heteroatoms. The Labute approximate surface area is 78.8 Å². The fourth-order valence-corrected chi connectivity index (χ4v) is 2.19. The van der Waals surface area contributed by atoms with Crippen molar-refractivity contribution in [1.82, 2.24) is 9.97 Å². The van der Waals surface area contributed by atoms with Gasteiger partial charge in [0.25, 0.3) is 0 Å². The van der Waals surface area contributed by atoms with Crippen molar-refractivity contribution in [2.24, 2.45) is 0 Å². The molecule has 1 atom stereocenters. The zero-order valence-electron chi connectivity index (χ0n) is 6.58. The summed E-state index contributed by atoms with van der Waals surface area (Å²) in [6.45, 7) is 2.08. The molecule has 0 bridgehead atoms. The highest BCUT2D eigenvalue weighted by atomic mass is 79.9. The van der Waals surface area contributed by atoms with E-state index in [-0.39, 0.29) is 0 Å². The normalized spacial score (nSPS) is 20.5. The maximum absolute atomic E-state index is 5.70. The van der Waals surface area contributed by atoms with E-state index in [9.17, 15) is 0 Å². The minimum absolute atomic E-state index is 0.333. The Morgan fingerprint density at radius 1 is 1.50 bits per heavy atom. The Bertz CT molecular complexity index is 359. The molecule has 62 valence electrons. The van der Waals surface area contributed by atoms with E-state index in [0.29, 0.717) is 11.7 Å². The van der Waals surface area contributed by atoms with Crippen molar-refractivity contribution in [3.63, 3.8) is 0 Å². The minimum atomic E-state index is 0.333. The molecule has 0 spiro atoms. The summed E-state index contributed by atoms with van der Waals surface area (Å²) in [5, 5.41) is 0. The summed E-state index contributed by atoms with van der Waals surface area (Å²) < 4.78 is 1.00. The van der Waals surface area contributed by atoms with E-state index in [4.69, 9.17) is 5.73 Å². The van der Waals surface area contributed by atoms with E-state index in [1.165, 1.54) is 6.33 Å². The third kappa shape index (κ3) is 0.948. The van der Waals surface area contributed by atoms with Gasteiger partial charge in [-0.25, -0.2) is 9.97 Å². The first-order chi connectivity index (χ1) is 5.70. The highest BCUT2D eigenvalue weighted by Gasteiger charge is 2.22. The Morgan fingerprint density at radius 3 is 2.92 bits per heavy atom. The number of aromatic nitrogens is 2. The molecule has 0 aliphatic heterocycles. The molecule has 0 fully saturated rings. The minimum Gasteiger partial charge on any atom is -0.383 e. The number of rotatable bonds is 0. The molecule has 1 aliphatic carbocycles. The van der Waals surface area contributed by atoms with E-state index in [0.717, 1.165) is 15.7 Å². The van der Waals surface area contributed by atoms with Crippen molar-refractivity contribution in [2.45, 2.75) is 12.8 Å². The smallest absolute Gasteiger partial charge is 0.135 e. The van der Waals surface area contributed by atoms with Crippen molar-refractivity contribution in [2.75, 3.05) is 5.73 Å². The summed E-state index contributed by atoms with van der Waals surface area (Å²) >= 11 is 3.43. The van der Waals surface area contributed by atoms with Gasteiger partial charge in [-0.05, 0) is 0 Å². The van der Waals surface area contributed by atoms with Crippen molar-refractivity contribution < 1.29 is 0 Å². The lowest BCUT2D eigenvalue weighted by Gasteiger charge is -2.03. The van der Waals surface area contributed by atoms with Crippen molar-refractivity contribution in [3.8, 4) is 0 Å². The van der Waals surface area contributed by atoms with Gasteiger partial charge < -0.3 is 5.73 Å². The van der Waals surface area contributed by atoms with E-state index >= 15 is 0 Å². The van der Waals surface area contributed by atoms with E-state index < -0.39 is 0 Å². The van der Waals surface area contributed by atoms with Gasteiger partial charge in [-0.2, -0.15) is 0 Å². The van der Waals surface area contributed by atoms with Crippen LogP contribution in [0.4, 0.5) is 5.82 Å². The molecule has 1 aromatic rings. The monoisotopic (exact) mass is 225 g/mol. The number of allylic oxidation sites excluding steroid dienone is 1. The van der Waals surface area contributed by atoms with Crippen LogP contribution in [0.15, 0.2) is 12.4 Å². The lowest BCUT2D eigenvalue weighted by molar-refractivity contribution is 0.912. The molecule has 0 amide bonds. The first kappa shape index (κ1) is 7.73. The second-order valence-corrected chi connectivity index (χ2v) is 3.68. The van der Waals surface area contributed by atoms with Crippen LogP contribution in [-0.4, -0.2) is 9.97 Å². The predicted molar refractivity (Wildman–Crippen MR) is 51.8 cm³/mol. The van der Waals surface area contributed by atoms with E-state index in [1.807, 2.05) is 0 Å². The summed E-state index contributed by atoms with van der Waals surface area (Å²) in [5.41, 5.74) is 7.66. The topological polar surface area (TPSA) is 51.8 Å². The lowest BCUT2D eigenvalue weighted by Crippen LogP contribution is -2.00. The molecule has 1 unspecified atom stereocenters. The third-order valence-corrected chi connectivity index (χ3v) is 2.63. The Morgan fingerprint density at radius 2 is 2.25 bits per heavy atom. The highest BCUT2D eigenvalue weighted by molar-refractivity contribution is 9.15. The number of hydrogen-bond acceptors (Lipinski definition) is 3. The van der Waals surface area contributed by atoms with Gasteiger partial charge in [0.1, 0.15) is 12.1 Å². The fraction of sp³-hybridized carbons (Fsp3) is 0.250. The molecule has 2 rings (SSSR count). The molecule has 0 aromatic carbocycles. The lowest BCUT2D eigenvalue weighted by atomic mass is 10.1. The van der Waals surface area contributed by atoms with Gasteiger partial charge in [0.15, 0.2) is 0 Å². The molecule has 0 saturated heterocycles. The number of nitrogens with two attached hydrogens (primary N) is 1. The Hall–Kier alpha value is -0.900. The van der Waals surface area contributed by atoms with Crippen LogP contribution in [-0.2, 0) is 0 Å². The fourth-order valence-electron chi connectivity index (χ4n) is 1.39. The van der Waals surface area contributed by atoms with Crippen LogP contribution < -0.4 is 5.73 Å². The Kier molecular flexibility index (Phi) is 1.65. The molecule has 0 saturated carbocycles. The number of nitrogens with zero attached hydrogens (tertiary/aromatic N) is 2. The molecular formula is C8H8BrN3. The second kappa shape index (κ2) is 2.55. The Balaban J connectivity index is 2.68. The summed E-state index contributed by atoms with van der Waals surface area (Å²) in [7, 11) is 0. The molecule has 1 heterocycles. The van der Waals surface area contributed by atoms with E-state index in [1.54, 1.807) is 0 Å². The quantitative estimate of drug-likeness (QED) is 0.735. The number of halogens is 1. The molecule has 12 heavy (non-hydrogen) atoms. The van der Waals surface area contributed by atoms with Crippen LogP contribution in [0.5, 0.6) is 0 Å². The third-order valence-electron chi connectivity index (χ3n) is 1.97. The van der Waals surface area contributed by atoms with Crippen molar-refractivity contribution in [1.29, 1.82) is 0 Å². The van der Waals surface area contributed by atoms with Crippen LogP contribution in [0, 0.1) is 0 Å². The summed E-state index contributed by atoms with van der Waals surface area (Å²) in [6.07, 6.45) is 3.58. The number of nitrogen functional groups attached to an aromatic ring is 1. The average molecular weight is 226 g/mol. The molecule has 2 N–H and O–H groups in total. The number of fused-ring (bicyclic) bond motifs is 1. The second-order valence-electron chi connectivity index (χ2n) is 2.82. The van der Waals surface area contributed by atoms with Crippen LogP contribution in [0.1, 0.15) is 24.1 Å². The van der Waals surface area contributed by atoms with Gasteiger partial charge >= 0.3 is 0 Å². The standard InChI is InChI=1S/C8H8BrN3/c1-4-2-5(9)6-7(4)11-3-12-8(6)10/h2-4H,1H3,(H2,10,11,12). The molecule has 0 radical (unpaired) electrons. The zero-order valence-corrected chi connectivity index (χ0v) is 8.17. The van der Waals surface area contributed by atoms with Gasteiger partial charge in [0, 0.05) is 10.4 Å². The van der Waals surface area contributed by atoms with E-state index in [2.05, 4.69) is 38.9 Å². The average Bonchev–Trinajstić information content (AvgIpc) is 2.29. The summed E-state index contributed by atoms with van der Waals surface area (Å²) in [5.74, 6) is 0.882. The summed E-state index contributed by atoms with van der Waals surface area (Å²) in [6, 6.07) is 0. The van der Waals surface area contributed by atoms with Gasteiger partial charge in [0.2, 0.25) is 0 Å². The first-order valence-corrected chi connectivity index (χ1v) is 4.47.